The summed E-state index contributed by atoms with van der Waals surface area (Å²) in [4.78, 5) is 35.5. The maximum Gasteiger partial charge on any atom is 0.371 e. The maximum absolute atomic E-state index is 12.1. The van der Waals surface area contributed by atoms with Crippen LogP contribution < -0.4 is 5.73 Å². The fourth-order valence-corrected chi connectivity index (χ4v) is 2.06. The minimum absolute atomic E-state index is 0.0499. The van der Waals surface area contributed by atoms with Gasteiger partial charge in [-0.3, -0.25) is 9.59 Å². The van der Waals surface area contributed by atoms with Crippen LogP contribution in [0.5, 0.6) is 0 Å². The molecule has 0 aliphatic carbocycles. The molecule has 0 radical (unpaired) electrons. The highest BCUT2D eigenvalue weighted by Crippen LogP contribution is 2.30. The Morgan fingerprint density at radius 2 is 2.00 bits per heavy atom. The molecule has 0 spiro atoms. The molecule has 1 aliphatic heterocycles. The lowest BCUT2D eigenvalue weighted by molar-refractivity contribution is -0.126. The number of carbonyl (C=O) groups excluding carboxylic acids is 2. The monoisotopic (exact) mass is 266 g/mol. The molecule has 3 N–H and O–H groups in total. The summed E-state index contributed by atoms with van der Waals surface area (Å²) in [7, 11) is 0. The Hall–Kier alpha value is -2.31. The van der Waals surface area contributed by atoms with E-state index in [1.54, 1.807) is 6.92 Å². The zero-order valence-electron chi connectivity index (χ0n) is 10.4. The van der Waals surface area contributed by atoms with Crippen LogP contribution in [0.25, 0.3) is 0 Å². The first-order chi connectivity index (χ1) is 8.83. The number of nitrogens with zero attached hydrogens (tertiary/aromatic N) is 1. The second kappa shape index (κ2) is 4.42. The fraction of sp³-hybridized carbons (Fsp3) is 0.417. The second-order valence-corrected chi connectivity index (χ2v) is 4.87. The number of amides is 2. The molecule has 1 aliphatic rings. The third-order valence-corrected chi connectivity index (χ3v) is 3.38. The summed E-state index contributed by atoms with van der Waals surface area (Å²) in [5.74, 6) is -2.46. The van der Waals surface area contributed by atoms with E-state index in [0.717, 1.165) is 0 Å². The van der Waals surface area contributed by atoms with Crippen molar-refractivity contribution in [2.45, 2.75) is 13.3 Å². The molecule has 19 heavy (non-hydrogen) atoms. The van der Waals surface area contributed by atoms with Crippen LogP contribution in [-0.2, 0) is 4.79 Å². The molecule has 1 fully saturated rings. The first-order valence-corrected chi connectivity index (χ1v) is 5.76. The van der Waals surface area contributed by atoms with Crippen LogP contribution in [0.15, 0.2) is 16.5 Å². The molecule has 1 atom stereocenters. The Morgan fingerprint density at radius 3 is 2.47 bits per heavy atom. The van der Waals surface area contributed by atoms with Crippen molar-refractivity contribution in [3.63, 3.8) is 0 Å². The minimum Gasteiger partial charge on any atom is -0.475 e. The molecule has 1 unspecified atom stereocenters. The number of hydrogen-bond acceptors (Lipinski definition) is 4. The van der Waals surface area contributed by atoms with Gasteiger partial charge in [0.25, 0.3) is 5.91 Å². The van der Waals surface area contributed by atoms with E-state index in [9.17, 15) is 14.4 Å². The van der Waals surface area contributed by atoms with Crippen molar-refractivity contribution in [2.24, 2.45) is 11.1 Å². The van der Waals surface area contributed by atoms with Crippen LogP contribution in [0.1, 0.15) is 34.5 Å². The smallest absolute Gasteiger partial charge is 0.371 e. The first kappa shape index (κ1) is 13.1. The molecule has 2 rings (SSSR count). The van der Waals surface area contributed by atoms with Gasteiger partial charge in [-0.15, -0.1) is 0 Å². The number of aromatic carboxylic acids is 1. The molecular weight excluding hydrogens is 252 g/mol. The van der Waals surface area contributed by atoms with Gasteiger partial charge in [0.15, 0.2) is 5.76 Å². The lowest BCUT2D eigenvalue weighted by atomic mass is 9.89. The fourth-order valence-electron chi connectivity index (χ4n) is 2.06. The average Bonchev–Trinajstić information content (AvgIpc) is 2.95. The van der Waals surface area contributed by atoms with Gasteiger partial charge in [-0.1, -0.05) is 0 Å². The Labute approximate surface area is 109 Å². The lowest BCUT2D eigenvalue weighted by Crippen LogP contribution is -2.38. The van der Waals surface area contributed by atoms with Gasteiger partial charge in [-0.2, -0.15) is 0 Å². The normalized spacial score (nSPS) is 22.5. The standard InChI is InChI=1S/C12H14N2O5/c1-12(11(13)18)4-5-14(6-12)9(15)7-2-3-8(19-7)10(16)17/h2-3H,4-6H2,1H3,(H2,13,18)(H,16,17). The summed E-state index contributed by atoms with van der Waals surface area (Å²) in [6, 6.07) is 2.53. The van der Waals surface area contributed by atoms with E-state index in [-0.39, 0.29) is 18.1 Å². The first-order valence-electron chi connectivity index (χ1n) is 5.76. The summed E-state index contributed by atoms with van der Waals surface area (Å²) in [6.07, 6.45) is 0.487. The summed E-state index contributed by atoms with van der Waals surface area (Å²) in [6.45, 7) is 2.30. The van der Waals surface area contributed by atoms with Crippen LogP contribution in [0.3, 0.4) is 0 Å². The van der Waals surface area contributed by atoms with Crippen molar-refractivity contribution in [3.05, 3.63) is 23.7 Å². The Morgan fingerprint density at radius 1 is 1.37 bits per heavy atom. The number of carboxylic acid groups (broad SMARTS) is 1. The van der Waals surface area contributed by atoms with Crippen LogP contribution >= 0.6 is 0 Å². The molecule has 1 aromatic heterocycles. The van der Waals surface area contributed by atoms with E-state index in [4.69, 9.17) is 15.3 Å². The number of furan rings is 1. The van der Waals surface area contributed by atoms with Gasteiger partial charge < -0.3 is 20.2 Å². The van der Waals surface area contributed by atoms with E-state index in [1.165, 1.54) is 17.0 Å². The molecule has 7 heteroatoms. The molecule has 1 aromatic rings. The van der Waals surface area contributed by atoms with Crippen LogP contribution in [0.4, 0.5) is 0 Å². The quantitative estimate of drug-likeness (QED) is 0.817. The Balaban J connectivity index is 2.13. The Bertz CT molecular complexity index is 550. The highest BCUT2D eigenvalue weighted by atomic mass is 16.4. The van der Waals surface area contributed by atoms with Crippen LogP contribution in [0, 0.1) is 5.41 Å². The third-order valence-electron chi connectivity index (χ3n) is 3.38. The van der Waals surface area contributed by atoms with E-state index in [2.05, 4.69) is 0 Å². The number of primary amides is 1. The van der Waals surface area contributed by atoms with Gasteiger partial charge in [0.1, 0.15) is 0 Å². The zero-order valence-corrected chi connectivity index (χ0v) is 10.4. The van der Waals surface area contributed by atoms with Gasteiger partial charge in [0.05, 0.1) is 5.41 Å². The van der Waals surface area contributed by atoms with Crippen LogP contribution in [-0.4, -0.2) is 40.9 Å². The molecule has 1 saturated heterocycles. The Kier molecular flexibility index (Phi) is 3.05. The van der Waals surface area contributed by atoms with Gasteiger partial charge in [-0.05, 0) is 25.5 Å². The summed E-state index contributed by atoms with van der Waals surface area (Å²) in [5.41, 5.74) is 4.56. The molecule has 0 saturated carbocycles. The molecule has 2 amide bonds. The van der Waals surface area contributed by atoms with Gasteiger partial charge in [-0.25, -0.2) is 4.79 Å². The second-order valence-electron chi connectivity index (χ2n) is 4.87. The lowest BCUT2D eigenvalue weighted by Gasteiger charge is -2.20. The molecule has 0 bridgehead atoms. The topological polar surface area (TPSA) is 114 Å². The largest absolute Gasteiger partial charge is 0.475 e. The summed E-state index contributed by atoms with van der Waals surface area (Å²) < 4.78 is 4.94. The van der Waals surface area contributed by atoms with Crippen molar-refractivity contribution in [1.82, 2.24) is 4.90 Å². The van der Waals surface area contributed by atoms with Crippen LogP contribution in [0.2, 0.25) is 0 Å². The number of likely N-dealkylation sites (tertiary alicyclic amines) is 1. The van der Waals surface area contributed by atoms with E-state index >= 15 is 0 Å². The zero-order chi connectivity index (χ0) is 14.2. The number of rotatable bonds is 3. The molecular formula is C12H14N2O5. The van der Waals surface area contributed by atoms with E-state index < -0.39 is 23.2 Å². The number of carbonyl (C=O) groups is 3. The predicted octanol–water partition coefficient (Wildman–Crippen LogP) is 0.315. The molecule has 102 valence electrons. The van der Waals surface area contributed by atoms with Gasteiger partial charge in [0, 0.05) is 13.1 Å². The highest BCUT2D eigenvalue weighted by molar-refractivity contribution is 5.94. The van der Waals surface area contributed by atoms with Gasteiger partial charge in [0.2, 0.25) is 11.7 Å². The number of carboxylic acids is 1. The van der Waals surface area contributed by atoms with Crippen molar-refractivity contribution < 1.29 is 23.9 Å². The SMILES string of the molecule is CC1(C(N)=O)CCN(C(=O)c2ccc(C(=O)O)o2)C1. The van der Waals surface area contributed by atoms with Crippen molar-refractivity contribution >= 4 is 17.8 Å². The van der Waals surface area contributed by atoms with Gasteiger partial charge >= 0.3 is 5.97 Å². The number of hydrogen-bond donors (Lipinski definition) is 2. The predicted molar refractivity (Wildman–Crippen MR) is 63.5 cm³/mol. The number of nitrogens with two attached hydrogens (primary N) is 1. The van der Waals surface area contributed by atoms with Crippen molar-refractivity contribution in [1.29, 1.82) is 0 Å². The van der Waals surface area contributed by atoms with Crippen molar-refractivity contribution in [2.75, 3.05) is 13.1 Å². The summed E-state index contributed by atoms with van der Waals surface area (Å²) >= 11 is 0. The van der Waals surface area contributed by atoms with E-state index in [1.807, 2.05) is 0 Å². The van der Waals surface area contributed by atoms with E-state index in [0.29, 0.717) is 13.0 Å². The maximum atomic E-state index is 12.1. The highest BCUT2D eigenvalue weighted by Gasteiger charge is 2.41. The molecule has 7 nitrogen and oxygen atoms in total. The minimum atomic E-state index is -1.23. The molecule has 2 heterocycles. The third kappa shape index (κ3) is 2.31. The molecule has 0 aromatic carbocycles. The average molecular weight is 266 g/mol. The van der Waals surface area contributed by atoms with Crippen molar-refractivity contribution in [3.8, 4) is 0 Å². The summed E-state index contributed by atoms with van der Waals surface area (Å²) in [5, 5.41) is 8.72.